The highest BCUT2D eigenvalue weighted by Crippen LogP contribution is 2.22. The molecule has 1 saturated heterocycles. The molecule has 1 N–H and O–H groups in total. The van der Waals surface area contributed by atoms with Crippen LogP contribution in [0, 0.1) is 12.8 Å². The second-order valence-electron chi connectivity index (χ2n) is 7.54. The number of nitrogens with one attached hydrogen (secondary N) is 1. The molecule has 4 nitrogen and oxygen atoms in total. The van der Waals surface area contributed by atoms with Gasteiger partial charge in [0.2, 0.25) is 5.91 Å². The number of nitrogens with zero attached hydrogens (tertiary/aromatic N) is 1. The zero-order valence-corrected chi connectivity index (χ0v) is 16.6. The highest BCUT2D eigenvalue weighted by Gasteiger charge is 2.26. The highest BCUT2D eigenvalue weighted by atomic mass is 16.5. The van der Waals surface area contributed by atoms with E-state index in [2.05, 4.69) is 41.4 Å². The second kappa shape index (κ2) is 9.05. The van der Waals surface area contributed by atoms with Crippen molar-refractivity contribution in [3.8, 4) is 5.75 Å². The van der Waals surface area contributed by atoms with E-state index in [1.54, 1.807) is 7.11 Å². The molecule has 1 aliphatic rings. The van der Waals surface area contributed by atoms with E-state index in [1.165, 1.54) is 11.1 Å². The minimum absolute atomic E-state index is 0.00833. The van der Waals surface area contributed by atoms with E-state index in [0.717, 1.165) is 43.8 Å². The first kappa shape index (κ1) is 19.4. The first-order chi connectivity index (χ1) is 13.0. The van der Waals surface area contributed by atoms with Gasteiger partial charge < -0.3 is 10.1 Å². The summed E-state index contributed by atoms with van der Waals surface area (Å²) in [5.41, 5.74) is 3.73. The van der Waals surface area contributed by atoms with Crippen LogP contribution in [0.2, 0.25) is 0 Å². The lowest BCUT2D eigenvalue weighted by molar-refractivity contribution is -0.127. The van der Waals surface area contributed by atoms with Crippen molar-refractivity contribution in [1.82, 2.24) is 10.2 Å². The molecule has 27 heavy (non-hydrogen) atoms. The maximum Gasteiger partial charge on any atom is 0.223 e. The fraction of sp³-hybridized carbons (Fsp3) is 0.435. The molecule has 1 amide bonds. The molecular formula is C23H30N2O2. The molecule has 2 aromatic carbocycles. The molecule has 0 spiro atoms. The number of hydrogen-bond donors (Lipinski definition) is 1. The summed E-state index contributed by atoms with van der Waals surface area (Å²) >= 11 is 0. The topological polar surface area (TPSA) is 41.6 Å². The molecule has 0 saturated carbocycles. The summed E-state index contributed by atoms with van der Waals surface area (Å²) in [4.78, 5) is 15.1. The first-order valence-electron chi connectivity index (χ1n) is 9.77. The predicted octanol–water partition coefficient (Wildman–Crippen LogP) is 4.09. The summed E-state index contributed by atoms with van der Waals surface area (Å²) < 4.78 is 5.19. The molecule has 0 unspecified atom stereocenters. The summed E-state index contributed by atoms with van der Waals surface area (Å²) in [6.45, 7) is 7.07. The molecule has 0 aliphatic carbocycles. The normalized spacial score (nSPS) is 16.7. The van der Waals surface area contributed by atoms with Crippen LogP contribution >= 0.6 is 0 Å². The van der Waals surface area contributed by atoms with Crippen LogP contribution in [0.25, 0.3) is 0 Å². The van der Waals surface area contributed by atoms with Crippen molar-refractivity contribution < 1.29 is 9.53 Å². The van der Waals surface area contributed by atoms with E-state index in [1.807, 2.05) is 31.2 Å². The third-order valence-corrected chi connectivity index (χ3v) is 5.46. The Morgan fingerprint density at radius 1 is 1.11 bits per heavy atom. The number of benzene rings is 2. The van der Waals surface area contributed by atoms with E-state index in [4.69, 9.17) is 4.74 Å². The largest absolute Gasteiger partial charge is 0.497 e. The van der Waals surface area contributed by atoms with Crippen LogP contribution < -0.4 is 10.1 Å². The number of hydrogen-bond acceptors (Lipinski definition) is 3. The van der Waals surface area contributed by atoms with Crippen molar-refractivity contribution in [2.45, 2.75) is 39.3 Å². The monoisotopic (exact) mass is 366 g/mol. The molecule has 1 fully saturated rings. The smallest absolute Gasteiger partial charge is 0.223 e. The van der Waals surface area contributed by atoms with Gasteiger partial charge in [0.15, 0.2) is 0 Å². The van der Waals surface area contributed by atoms with Gasteiger partial charge >= 0.3 is 0 Å². The Kier molecular flexibility index (Phi) is 6.51. The lowest BCUT2D eigenvalue weighted by atomic mass is 9.94. The van der Waals surface area contributed by atoms with Crippen molar-refractivity contribution in [2.24, 2.45) is 5.92 Å². The number of carbonyl (C=O) groups excluding carboxylic acids is 1. The van der Waals surface area contributed by atoms with Gasteiger partial charge in [0.25, 0.3) is 0 Å². The van der Waals surface area contributed by atoms with Gasteiger partial charge in [-0.25, -0.2) is 0 Å². The third-order valence-electron chi connectivity index (χ3n) is 5.46. The quantitative estimate of drug-likeness (QED) is 0.837. The molecule has 2 aromatic rings. The summed E-state index contributed by atoms with van der Waals surface area (Å²) in [6, 6.07) is 16.6. The molecule has 1 aliphatic heterocycles. The van der Waals surface area contributed by atoms with Crippen LogP contribution in [-0.2, 0) is 11.3 Å². The molecule has 1 atom stereocenters. The second-order valence-corrected chi connectivity index (χ2v) is 7.54. The number of piperidine rings is 1. The van der Waals surface area contributed by atoms with Gasteiger partial charge in [-0.2, -0.15) is 0 Å². The Labute approximate surface area is 162 Å². The molecule has 0 radical (unpaired) electrons. The molecule has 0 bridgehead atoms. The van der Waals surface area contributed by atoms with Crippen molar-refractivity contribution in [3.05, 3.63) is 65.2 Å². The van der Waals surface area contributed by atoms with Crippen LogP contribution in [-0.4, -0.2) is 31.0 Å². The number of ether oxygens (including phenoxy) is 1. The van der Waals surface area contributed by atoms with Gasteiger partial charge in [0.1, 0.15) is 5.75 Å². The van der Waals surface area contributed by atoms with Crippen LogP contribution in [0.4, 0.5) is 0 Å². The minimum atomic E-state index is 0.00833. The molecular weight excluding hydrogens is 336 g/mol. The molecule has 1 heterocycles. The summed E-state index contributed by atoms with van der Waals surface area (Å²) in [5.74, 6) is 1.12. The van der Waals surface area contributed by atoms with Crippen LogP contribution in [0.3, 0.4) is 0 Å². The Hall–Kier alpha value is -2.33. The van der Waals surface area contributed by atoms with Crippen molar-refractivity contribution in [1.29, 1.82) is 0 Å². The van der Waals surface area contributed by atoms with Gasteiger partial charge in [-0.15, -0.1) is 0 Å². The number of likely N-dealkylation sites (tertiary alicyclic amines) is 1. The summed E-state index contributed by atoms with van der Waals surface area (Å²) in [5, 5.41) is 3.18. The van der Waals surface area contributed by atoms with E-state index in [-0.39, 0.29) is 17.9 Å². The maximum absolute atomic E-state index is 12.7. The van der Waals surface area contributed by atoms with E-state index in [9.17, 15) is 4.79 Å². The number of carbonyl (C=O) groups is 1. The SMILES string of the molecule is COc1ccc([C@@H](C)NC(=O)C2CCN(Cc3ccc(C)cc3)CC2)cc1. The van der Waals surface area contributed by atoms with Gasteiger partial charge in [-0.3, -0.25) is 9.69 Å². The van der Waals surface area contributed by atoms with Crippen molar-refractivity contribution in [2.75, 3.05) is 20.2 Å². The lowest BCUT2D eigenvalue weighted by Crippen LogP contribution is -2.40. The van der Waals surface area contributed by atoms with Gasteiger partial charge in [-0.1, -0.05) is 42.0 Å². The van der Waals surface area contributed by atoms with Gasteiger partial charge in [0.05, 0.1) is 13.2 Å². The maximum atomic E-state index is 12.7. The highest BCUT2D eigenvalue weighted by molar-refractivity contribution is 5.79. The number of methoxy groups -OCH3 is 1. The molecule has 144 valence electrons. The lowest BCUT2D eigenvalue weighted by Gasteiger charge is -2.32. The zero-order chi connectivity index (χ0) is 19.2. The van der Waals surface area contributed by atoms with Gasteiger partial charge in [-0.05, 0) is 63.0 Å². The Morgan fingerprint density at radius 3 is 2.33 bits per heavy atom. The standard InChI is InChI=1S/C23H30N2O2/c1-17-4-6-19(7-5-17)16-25-14-12-21(13-15-25)23(26)24-18(2)20-8-10-22(27-3)11-9-20/h4-11,18,21H,12-16H2,1-3H3,(H,24,26)/t18-/m1/s1. The minimum Gasteiger partial charge on any atom is -0.497 e. The Morgan fingerprint density at radius 2 is 1.74 bits per heavy atom. The average molecular weight is 367 g/mol. The third kappa shape index (κ3) is 5.33. The molecule has 3 rings (SSSR count). The average Bonchev–Trinajstić information content (AvgIpc) is 2.70. The van der Waals surface area contributed by atoms with Crippen molar-refractivity contribution in [3.63, 3.8) is 0 Å². The molecule has 4 heteroatoms. The van der Waals surface area contributed by atoms with Crippen molar-refractivity contribution >= 4 is 5.91 Å². The van der Waals surface area contributed by atoms with E-state index < -0.39 is 0 Å². The summed E-state index contributed by atoms with van der Waals surface area (Å²) in [7, 11) is 1.66. The number of amides is 1. The van der Waals surface area contributed by atoms with Crippen LogP contribution in [0.1, 0.15) is 42.5 Å². The fourth-order valence-corrected chi connectivity index (χ4v) is 3.61. The fourth-order valence-electron chi connectivity index (χ4n) is 3.61. The number of aryl methyl sites for hydroxylation is 1. The van der Waals surface area contributed by atoms with Gasteiger partial charge in [0, 0.05) is 12.5 Å². The van der Waals surface area contributed by atoms with Crippen LogP contribution in [0.5, 0.6) is 5.75 Å². The van der Waals surface area contributed by atoms with E-state index in [0.29, 0.717) is 0 Å². The molecule has 0 aromatic heterocycles. The Balaban J connectivity index is 1.46. The zero-order valence-electron chi connectivity index (χ0n) is 16.6. The van der Waals surface area contributed by atoms with E-state index >= 15 is 0 Å². The van der Waals surface area contributed by atoms with Crippen LogP contribution in [0.15, 0.2) is 48.5 Å². The first-order valence-corrected chi connectivity index (χ1v) is 9.77. The predicted molar refractivity (Wildman–Crippen MR) is 109 cm³/mol. The summed E-state index contributed by atoms with van der Waals surface area (Å²) in [6.07, 6.45) is 1.85. The number of rotatable bonds is 6. The Bertz CT molecular complexity index is 732.